The van der Waals surface area contributed by atoms with Crippen molar-refractivity contribution in [3.8, 4) is 11.5 Å². The molecular weight excluding hydrogens is 218 g/mol. The van der Waals surface area contributed by atoms with Gasteiger partial charge in [0.05, 0.1) is 6.73 Å². The van der Waals surface area contributed by atoms with Crippen molar-refractivity contribution in [3.05, 3.63) is 23.3 Å². The van der Waals surface area contributed by atoms with Gasteiger partial charge in [0, 0.05) is 13.7 Å². The number of hydrogen-bond acceptors (Lipinski definition) is 4. The number of benzene rings is 1. The molecule has 0 saturated heterocycles. The van der Waals surface area contributed by atoms with E-state index in [1.807, 2.05) is 13.1 Å². The Bertz CT molecular complexity index is 392. The lowest BCUT2D eigenvalue weighted by molar-refractivity contribution is 0.0827. The molecule has 2 rings (SSSR count). The van der Waals surface area contributed by atoms with Crippen LogP contribution in [0.4, 0.5) is 0 Å². The molecule has 4 heteroatoms. The largest absolute Gasteiger partial charge is 0.454 e. The van der Waals surface area contributed by atoms with E-state index >= 15 is 0 Å². The van der Waals surface area contributed by atoms with Crippen LogP contribution < -0.4 is 9.47 Å². The van der Waals surface area contributed by atoms with Crippen molar-refractivity contribution in [3.63, 3.8) is 0 Å². The normalized spacial score (nSPS) is 13.4. The van der Waals surface area contributed by atoms with Gasteiger partial charge in [0.15, 0.2) is 11.5 Å². The van der Waals surface area contributed by atoms with Gasteiger partial charge in [-0.15, -0.1) is 0 Å². The Morgan fingerprint density at radius 3 is 2.71 bits per heavy atom. The Kier molecular flexibility index (Phi) is 3.86. The molecule has 0 saturated carbocycles. The minimum Gasteiger partial charge on any atom is -0.454 e. The van der Waals surface area contributed by atoms with E-state index in [4.69, 9.17) is 14.2 Å². The molecule has 4 nitrogen and oxygen atoms in total. The molecule has 1 heterocycles. The van der Waals surface area contributed by atoms with Crippen molar-refractivity contribution in [2.24, 2.45) is 0 Å². The third kappa shape index (κ3) is 2.90. The minimum absolute atomic E-state index is 0.335. The van der Waals surface area contributed by atoms with Gasteiger partial charge in [-0.05, 0) is 43.7 Å². The number of hydrogen-bond donors (Lipinski definition) is 0. The van der Waals surface area contributed by atoms with Crippen LogP contribution in [-0.2, 0) is 11.2 Å². The summed E-state index contributed by atoms with van der Waals surface area (Å²) in [4.78, 5) is 2.14. The SMILES string of the molecule is COCN(C)CCc1cc2c(cc1C)OCO2. The summed E-state index contributed by atoms with van der Waals surface area (Å²) >= 11 is 0. The molecule has 0 bridgehead atoms. The second-order valence-corrected chi connectivity index (χ2v) is 4.38. The van der Waals surface area contributed by atoms with Crippen LogP contribution in [0.25, 0.3) is 0 Å². The number of ether oxygens (including phenoxy) is 3. The molecule has 17 heavy (non-hydrogen) atoms. The van der Waals surface area contributed by atoms with Gasteiger partial charge in [0.25, 0.3) is 0 Å². The lowest BCUT2D eigenvalue weighted by Gasteiger charge is -2.16. The molecule has 0 fully saturated rings. The van der Waals surface area contributed by atoms with Gasteiger partial charge in [-0.1, -0.05) is 0 Å². The average molecular weight is 237 g/mol. The van der Waals surface area contributed by atoms with E-state index in [0.717, 1.165) is 24.5 Å². The van der Waals surface area contributed by atoms with Crippen molar-refractivity contribution < 1.29 is 14.2 Å². The zero-order chi connectivity index (χ0) is 12.3. The zero-order valence-electron chi connectivity index (χ0n) is 10.7. The lowest BCUT2D eigenvalue weighted by atomic mass is 10.0. The van der Waals surface area contributed by atoms with Crippen LogP contribution >= 0.6 is 0 Å². The molecule has 0 spiro atoms. The molecule has 94 valence electrons. The lowest BCUT2D eigenvalue weighted by Crippen LogP contribution is -2.23. The Morgan fingerprint density at radius 1 is 1.29 bits per heavy atom. The molecule has 1 aliphatic rings. The van der Waals surface area contributed by atoms with Gasteiger partial charge in [-0.2, -0.15) is 0 Å². The number of likely N-dealkylation sites (N-methyl/N-ethyl adjacent to an activating group) is 1. The van der Waals surface area contributed by atoms with Gasteiger partial charge in [-0.3, -0.25) is 4.90 Å². The van der Waals surface area contributed by atoms with E-state index in [1.54, 1.807) is 7.11 Å². The standard InChI is InChI=1S/C13H19NO3/c1-10-6-12-13(17-9-16-12)7-11(10)4-5-14(2)8-15-3/h6-7H,4-5,8-9H2,1-3H3. The summed E-state index contributed by atoms with van der Waals surface area (Å²) < 4.78 is 15.8. The Balaban J connectivity index is 2.01. The molecule has 0 unspecified atom stereocenters. The Morgan fingerprint density at radius 2 is 2.00 bits per heavy atom. The summed E-state index contributed by atoms with van der Waals surface area (Å²) in [5, 5.41) is 0. The van der Waals surface area contributed by atoms with Crippen LogP contribution in [0.2, 0.25) is 0 Å². The van der Waals surface area contributed by atoms with Gasteiger partial charge in [0.2, 0.25) is 6.79 Å². The molecule has 1 aromatic rings. The molecule has 0 radical (unpaired) electrons. The highest BCUT2D eigenvalue weighted by atomic mass is 16.7. The summed E-state index contributed by atoms with van der Waals surface area (Å²) in [7, 11) is 3.76. The predicted octanol–water partition coefficient (Wildman–Crippen LogP) is 1.80. The number of methoxy groups -OCH3 is 1. The molecule has 0 atom stereocenters. The zero-order valence-corrected chi connectivity index (χ0v) is 10.7. The highest BCUT2D eigenvalue weighted by Gasteiger charge is 2.15. The van der Waals surface area contributed by atoms with E-state index in [1.165, 1.54) is 11.1 Å². The summed E-state index contributed by atoms with van der Waals surface area (Å²) in [5.74, 6) is 1.72. The first-order valence-corrected chi connectivity index (χ1v) is 5.77. The smallest absolute Gasteiger partial charge is 0.231 e. The molecule has 0 aromatic heterocycles. The predicted molar refractivity (Wildman–Crippen MR) is 65.5 cm³/mol. The van der Waals surface area contributed by atoms with E-state index in [-0.39, 0.29) is 0 Å². The van der Waals surface area contributed by atoms with E-state index in [0.29, 0.717) is 13.5 Å². The summed E-state index contributed by atoms with van der Waals surface area (Å²) in [5.41, 5.74) is 2.55. The maximum atomic E-state index is 5.39. The molecular formula is C13H19NO3. The first-order chi connectivity index (χ1) is 8.20. The van der Waals surface area contributed by atoms with Crippen molar-refractivity contribution in [1.82, 2.24) is 4.90 Å². The van der Waals surface area contributed by atoms with E-state index in [2.05, 4.69) is 17.9 Å². The monoisotopic (exact) mass is 237 g/mol. The van der Waals surface area contributed by atoms with Crippen molar-refractivity contribution in [2.45, 2.75) is 13.3 Å². The third-order valence-electron chi connectivity index (χ3n) is 2.94. The van der Waals surface area contributed by atoms with Crippen molar-refractivity contribution in [2.75, 3.05) is 34.2 Å². The molecule has 0 aliphatic carbocycles. The number of nitrogens with zero attached hydrogens (tertiary/aromatic N) is 1. The molecule has 1 aliphatic heterocycles. The fraction of sp³-hybridized carbons (Fsp3) is 0.538. The summed E-state index contributed by atoms with van der Waals surface area (Å²) in [6.07, 6.45) is 0.988. The second kappa shape index (κ2) is 5.38. The second-order valence-electron chi connectivity index (χ2n) is 4.38. The topological polar surface area (TPSA) is 30.9 Å². The quantitative estimate of drug-likeness (QED) is 0.731. The van der Waals surface area contributed by atoms with E-state index < -0.39 is 0 Å². The van der Waals surface area contributed by atoms with Crippen LogP contribution in [-0.4, -0.2) is 39.1 Å². The van der Waals surface area contributed by atoms with Gasteiger partial charge >= 0.3 is 0 Å². The number of rotatable bonds is 5. The van der Waals surface area contributed by atoms with Crippen LogP contribution in [0.15, 0.2) is 12.1 Å². The fourth-order valence-corrected chi connectivity index (χ4v) is 1.95. The van der Waals surface area contributed by atoms with Crippen molar-refractivity contribution in [1.29, 1.82) is 0 Å². The van der Waals surface area contributed by atoms with Gasteiger partial charge in [0.1, 0.15) is 0 Å². The maximum absolute atomic E-state index is 5.39. The van der Waals surface area contributed by atoms with Crippen LogP contribution in [0.1, 0.15) is 11.1 Å². The Labute approximate surface area is 102 Å². The highest BCUT2D eigenvalue weighted by Crippen LogP contribution is 2.34. The summed E-state index contributed by atoms with van der Waals surface area (Å²) in [6, 6.07) is 4.13. The first-order valence-electron chi connectivity index (χ1n) is 5.77. The van der Waals surface area contributed by atoms with E-state index in [9.17, 15) is 0 Å². The molecule has 0 N–H and O–H groups in total. The van der Waals surface area contributed by atoms with Crippen LogP contribution in [0.3, 0.4) is 0 Å². The van der Waals surface area contributed by atoms with Gasteiger partial charge < -0.3 is 14.2 Å². The fourth-order valence-electron chi connectivity index (χ4n) is 1.95. The van der Waals surface area contributed by atoms with Gasteiger partial charge in [-0.25, -0.2) is 0 Å². The highest BCUT2D eigenvalue weighted by molar-refractivity contribution is 5.48. The summed E-state index contributed by atoms with van der Waals surface area (Å²) in [6.45, 7) is 4.06. The van der Waals surface area contributed by atoms with Crippen LogP contribution in [0.5, 0.6) is 11.5 Å². The first kappa shape index (κ1) is 12.2. The minimum atomic E-state index is 0.335. The molecule has 1 aromatic carbocycles. The Hall–Kier alpha value is -1.26. The van der Waals surface area contributed by atoms with Crippen LogP contribution in [0, 0.1) is 6.92 Å². The molecule has 0 amide bonds. The number of fused-ring (bicyclic) bond motifs is 1. The average Bonchev–Trinajstić information content (AvgIpc) is 2.73. The van der Waals surface area contributed by atoms with Crippen molar-refractivity contribution >= 4 is 0 Å². The maximum Gasteiger partial charge on any atom is 0.231 e. The third-order valence-corrected chi connectivity index (χ3v) is 2.94. The number of aryl methyl sites for hydroxylation is 1.